The minimum Gasteiger partial charge on any atom is -0.382 e. The summed E-state index contributed by atoms with van der Waals surface area (Å²) < 4.78 is 10.5. The molecule has 21 heavy (non-hydrogen) atoms. The van der Waals surface area contributed by atoms with E-state index in [-0.39, 0.29) is 24.0 Å². The summed E-state index contributed by atoms with van der Waals surface area (Å²) in [4.78, 5) is 4.47. The van der Waals surface area contributed by atoms with Crippen LogP contribution in [0.4, 0.5) is 0 Å². The van der Waals surface area contributed by atoms with Crippen LogP contribution in [-0.4, -0.2) is 37.4 Å². The quantitative estimate of drug-likeness (QED) is 0.283. The van der Waals surface area contributed by atoms with Crippen LogP contribution < -0.4 is 10.6 Å². The van der Waals surface area contributed by atoms with Gasteiger partial charge in [0.2, 0.25) is 0 Å². The summed E-state index contributed by atoms with van der Waals surface area (Å²) in [6.45, 7) is 9.78. The topological polar surface area (TPSA) is 71.7 Å². The zero-order valence-corrected chi connectivity index (χ0v) is 15.5. The molecular formula is C14H27IN4O2. The third-order valence-electron chi connectivity index (χ3n) is 2.67. The average Bonchev–Trinajstić information content (AvgIpc) is 2.92. The number of guanidine groups is 1. The summed E-state index contributed by atoms with van der Waals surface area (Å²) in [5.41, 5.74) is 0.963. The molecule has 1 aromatic heterocycles. The van der Waals surface area contributed by atoms with Crippen molar-refractivity contribution in [2.45, 2.75) is 40.2 Å². The summed E-state index contributed by atoms with van der Waals surface area (Å²) in [5, 5.41) is 10.4. The number of aliphatic imine (C=N–C) groups is 1. The van der Waals surface area contributed by atoms with Gasteiger partial charge in [0.05, 0.1) is 5.69 Å². The molecule has 0 saturated carbocycles. The lowest BCUT2D eigenvalue weighted by Crippen LogP contribution is -2.38. The molecule has 0 bridgehead atoms. The van der Waals surface area contributed by atoms with Gasteiger partial charge in [0.1, 0.15) is 6.54 Å². The van der Waals surface area contributed by atoms with Crippen molar-refractivity contribution in [3.05, 3.63) is 17.5 Å². The predicted octanol–water partition coefficient (Wildman–Crippen LogP) is 2.34. The fourth-order valence-electron chi connectivity index (χ4n) is 1.62. The molecule has 0 radical (unpaired) electrons. The van der Waals surface area contributed by atoms with Crippen LogP contribution in [0.1, 0.15) is 38.6 Å². The van der Waals surface area contributed by atoms with Crippen molar-refractivity contribution >= 4 is 29.9 Å². The zero-order valence-electron chi connectivity index (χ0n) is 13.1. The van der Waals surface area contributed by atoms with Crippen LogP contribution in [0, 0.1) is 0 Å². The van der Waals surface area contributed by atoms with E-state index < -0.39 is 0 Å². The summed E-state index contributed by atoms with van der Waals surface area (Å²) >= 11 is 0. The first-order valence-electron chi connectivity index (χ1n) is 7.34. The van der Waals surface area contributed by atoms with Gasteiger partial charge in [-0.2, -0.15) is 0 Å². The predicted molar refractivity (Wildman–Crippen MR) is 95.2 cm³/mol. The molecule has 122 valence electrons. The number of nitrogens with one attached hydrogen (secondary N) is 2. The lowest BCUT2D eigenvalue weighted by Gasteiger charge is -2.10. The normalized spacial score (nSPS) is 11.1. The molecule has 0 aliphatic carbocycles. The van der Waals surface area contributed by atoms with Crippen LogP contribution in [0.15, 0.2) is 15.6 Å². The Bertz CT molecular complexity index is 396. The molecule has 0 aliphatic heterocycles. The number of halogens is 1. The molecular weight excluding hydrogens is 383 g/mol. The second-order valence-corrected chi connectivity index (χ2v) is 4.31. The Balaban J connectivity index is 0.00000400. The second kappa shape index (κ2) is 12.9. The first-order chi connectivity index (χ1) is 9.80. The summed E-state index contributed by atoms with van der Waals surface area (Å²) in [7, 11) is 0. The SMILES string of the molecule is CCNC(=NCc1cc(CC)no1)NCCCOCC.I. The van der Waals surface area contributed by atoms with E-state index in [1.165, 1.54) is 0 Å². The average molecular weight is 410 g/mol. The van der Waals surface area contributed by atoms with Gasteiger partial charge in [0.15, 0.2) is 11.7 Å². The molecule has 0 amide bonds. The number of aromatic nitrogens is 1. The Hall–Kier alpha value is -0.830. The number of ether oxygens (including phenoxy) is 1. The van der Waals surface area contributed by atoms with Crippen molar-refractivity contribution < 1.29 is 9.26 Å². The minimum absolute atomic E-state index is 0. The highest BCUT2D eigenvalue weighted by Crippen LogP contribution is 2.05. The van der Waals surface area contributed by atoms with Gasteiger partial charge < -0.3 is 19.9 Å². The smallest absolute Gasteiger partial charge is 0.191 e. The second-order valence-electron chi connectivity index (χ2n) is 4.31. The van der Waals surface area contributed by atoms with Crippen molar-refractivity contribution in [1.29, 1.82) is 0 Å². The van der Waals surface area contributed by atoms with Crippen molar-refractivity contribution in [3.8, 4) is 0 Å². The number of nitrogens with zero attached hydrogens (tertiary/aromatic N) is 2. The lowest BCUT2D eigenvalue weighted by molar-refractivity contribution is 0.145. The standard InChI is InChI=1S/C14H26N4O2.HI/c1-4-12-10-13(20-18-12)11-17-14(15-5-2)16-8-7-9-19-6-3;/h10H,4-9,11H2,1-3H3,(H2,15,16,17);1H. The van der Waals surface area contributed by atoms with Crippen molar-refractivity contribution in [2.75, 3.05) is 26.3 Å². The van der Waals surface area contributed by atoms with E-state index in [1.807, 2.05) is 19.9 Å². The van der Waals surface area contributed by atoms with Crippen molar-refractivity contribution in [1.82, 2.24) is 15.8 Å². The van der Waals surface area contributed by atoms with Crippen molar-refractivity contribution in [2.24, 2.45) is 4.99 Å². The molecule has 7 heteroatoms. The Morgan fingerprint density at radius 2 is 2.14 bits per heavy atom. The van der Waals surface area contributed by atoms with E-state index in [9.17, 15) is 0 Å². The molecule has 0 aliphatic rings. The van der Waals surface area contributed by atoms with Gasteiger partial charge in [-0.15, -0.1) is 24.0 Å². The third-order valence-corrected chi connectivity index (χ3v) is 2.67. The van der Waals surface area contributed by atoms with Crippen LogP contribution in [-0.2, 0) is 17.7 Å². The molecule has 1 heterocycles. The van der Waals surface area contributed by atoms with Crippen LogP contribution in [0.3, 0.4) is 0 Å². The van der Waals surface area contributed by atoms with E-state index in [4.69, 9.17) is 9.26 Å². The molecule has 1 rings (SSSR count). The van der Waals surface area contributed by atoms with Gasteiger partial charge in [0, 0.05) is 32.4 Å². The van der Waals surface area contributed by atoms with Gasteiger partial charge in [-0.25, -0.2) is 4.99 Å². The number of rotatable bonds is 9. The highest BCUT2D eigenvalue weighted by Gasteiger charge is 2.02. The van der Waals surface area contributed by atoms with E-state index >= 15 is 0 Å². The summed E-state index contributed by atoms with van der Waals surface area (Å²) in [5.74, 6) is 1.58. The largest absolute Gasteiger partial charge is 0.382 e. The van der Waals surface area contributed by atoms with Crippen LogP contribution in [0.5, 0.6) is 0 Å². The van der Waals surface area contributed by atoms with Gasteiger partial charge in [0.25, 0.3) is 0 Å². The molecule has 0 fully saturated rings. The van der Waals surface area contributed by atoms with Gasteiger partial charge >= 0.3 is 0 Å². The third kappa shape index (κ3) is 8.92. The Labute approximate surface area is 144 Å². The molecule has 0 spiro atoms. The van der Waals surface area contributed by atoms with Gasteiger partial charge in [-0.1, -0.05) is 12.1 Å². The summed E-state index contributed by atoms with van der Waals surface area (Å²) in [6, 6.07) is 1.95. The van der Waals surface area contributed by atoms with E-state index in [0.717, 1.165) is 56.6 Å². The Morgan fingerprint density at radius 3 is 2.76 bits per heavy atom. The minimum atomic E-state index is 0. The van der Waals surface area contributed by atoms with Crippen molar-refractivity contribution in [3.63, 3.8) is 0 Å². The highest BCUT2D eigenvalue weighted by molar-refractivity contribution is 14.0. The van der Waals surface area contributed by atoms with Gasteiger partial charge in [-0.05, 0) is 26.7 Å². The first-order valence-corrected chi connectivity index (χ1v) is 7.34. The molecule has 0 atom stereocenters. The number of hydrogen-bond acceptors (Lipinski definition) is 4. The van der Waals surface area contributed by atoms with Crippen LogP contribution in [0.25, 0.3) is 0 Å². The first kappa shape index (κ1) is 20.2. The monoisotopic (exact) mass is 410 g/mol. The number of aryl methyl sites for hydroxylation is 1. The molecule has 0 aromatic carbocycles. The molecule has 2 N–H and O–H groups in total. The highest BCUT2D eigenvalue weighted by atomic mass is 127. The molecule has 0 unspecified atom stereocenters. The van der Waals surface area contributed by atoms with E-state index in [2.05, 4.69) is 27.7 Å². The van der Waals surface area contributed by atoms with Gasteiger partial charge in [-0.3, -0.25) is 0 Å². The van der Waals surface area contributed by atoms with E-state index in [1.54, 1.807) is 0 Å². The summed E-state index contributed by atoms with van der Waals surface area (Å²) in [6.07, 6.45) is 1.84. The molecule has 6 nitrogen and oxygen atoms in total. The van der Waals surface area contributed by atoms with Crippen LogP contribution in [0.2, 0.25) is 0 Å². The van der Waals surface area contributed by atoms with E-state index in [0.29, 0.717) is 6.54 Å². The Morgan fingerprint density at radius 1 is 1.33 bits per heavy atom. The lowest BCUT2D eigenvalue weighted by atomic mass is 10.3. The fourth-order valence-corrected chi connectivity index (χ4v) is 1.62. The Kier molecular flexibility index (Phi) is 12.4. The zero-order chi connectivity index (χ0) is 14.6. The fraction of sp³-hybridized carbons (Fsp3) is 0.714. The molecule has 0 saturated heterocycles. The number of hydrogen-bond donors (Lipinski definition) is 2. The molecule has 1 aromatic rings. The maximum atomic E-state index is 5.30. The maximum absolute atomic E-state index is 5.30. The maximum Gasteiger partial charge on any atom is 0.191 e. The van der Waals surface area contributed by atoms with Crippen LogP contribution >= 0.6 is 24.0 Å².